The van der Waals surface area contributed by atoms with Crippen molar-refractivity contribution in [2.24, 2.45) is 0 Å². The molecule has 0 fully saturated rings. The number of nitro benzene ring substituents is 1. The average molecular weight is 460 g/mol. The number of hydrogen-bond donors (Lipinski definition) is 0. The molecule has 1 aromatic heterocycles. The van der Waals surface area contributed by atoms with Crippen LogP contribution in [0.5, 0.6) is 0 Å². The second-order valence-electron chi connectivity index (χ2n) is 7.68. The smallest absolute Gasteiger partial charge is 0.269 e. The third-order valence-electron chi connectivity index (χ3n) is 5.81. The summed E-state index contributed by atoms with van der Waals surface area (Å²) in [7, 11) is 0. The molecule has 0 aliphatic carbocycles. The summed E-state index contributed by atoms with van der Waals surface area (Å²) < 4.78 is 1.69. The van der Waals surface area contributed by atoms with E-state index in [9.17, 15) is 14.9 Å². The predicted molar refractivity (Wildman–Crippen MR) is 123 cm³/mol. The van der Waals surface area contributed by atoms with Gasteiger partial charge in [0.05, 0.1) is 17.0 Å². The lowest BCUT2D eigenvalue weighted by Crippen LogP contribution is -2.42. The fraction of sp³-hybridized carbons (Fsp3) is 0.125. The molecule has 1 aliphatic rings. The highest BCUT2D eigenvalue weighted by atomic mass is 35.5. The van der Waals surface area contributed by atoms with Gasteiger partial charge in [0.2, 0.25) is 5.95 Å². The quantitative estimate of drug-likeness (QED) is 0.308. The maximum absolute atomic E-state index is 13.8. The summed E-state index contributed by atoms with van der Waals surface area (Å²) in [4.78, 5) is 30.7. The molecular formula is C24H18ClN5O3. The number of amides is 1. The van der Waals surface area contributed by atoms with E-state index in [-0.39, 0.29) is 17.3 Å². The molecule has 1 aliphatic heterocycles. The summed E-state index contributed by atoms with van der Waals surface area (Å²) in [5.74, 6) is -0.168. The molecule has 5 rings (SSSR count). The zero-order valence-electron chi connectivity index (χ0n) is 17.3. The maximum atomic E-state index is 13.8. The van der Waals surface area contributed by atoms with Crippen molar-refractivity contribution in [2.45, 2.75) is 18.5 Å². The van der Waals surface area contributed by atoms with Gasteiger partial charge in [-0.1, -0.05) is 66.2 Å². The van der Waals surface area contributed by atoms with Crippen LogP contribution in [0, 0.1) is 10.1 Å². The number of fused-ring (bicyclic) bond motifs is 1. The van der Waals surface area contributed by atoms with E-state index in [1.165, 1.54) is 23.4 Å². The summed E-state index contributed by atoms with van der Waals surface area (Å²) in [6, 6.07) is 22.4. The molecule has 0 spiro atoms. The van der Waals surface area contributed by atoms with Gasteiger partial charge in [-0.2, -0.15) is 10.1 Å². The molecule has 33 heavy (non-hydrogen) atoms. The first-order valence-corrected chi connectivity index (χ1v) is 10.7. The van der Waals surface area contributed by atoms with Gasteiger partial charge in [0.25, 0.3) is 11.6 Å². The fourth-order valence-corrected chi connectivity index (χ4v) is 4.42. The van der Waals surface area contributed by atoms with Crippen LogP contribution < -0.4 is 4.90 Å². The van der Waals surface area contributed by atoms with Crippen molar-refractivity contribution >= 4 is 29.1 Å². The van der Waals surface area contributed by atoms with Crippen LogP contribution >= 0.6 is 11.6 Å². The van der Waals surface area contributed by atoms with Crippen LogP contribution in [0.4, 0.5) is 11.6 Å². The summed E-state index contributed by atoms with van der Waals surface area (Å²) >= 11 is 6.08. The van der Waals surface area contributed by atoms with Gasteiger partial charge in [-0.25, -0.2) is 4.68 Å². The Morgan fingerprint density at radius 2 is 1.61 bits per heavy atom. The van der Waals surface area contributed by atoms with Crippen LogP contribution in [0.1, 0.15) is 40.0 Å². The van der Waals surface area contributed by atoms with Gasteiger partial charge in [0, 0.05) is 11.1 Å². The second-order valence-corrected chi connectivity index (χ2v) is 8.12. The molecule has 4 aromatic rings. The minimum Gasteiger partial charge on any atom is -0.269 e. The molecule has 0 N–H and O–H groups in total. The van der Waals surface area contributed by atoms with E-state index in [4.69, 9.17) is 11.6 Å². The first kappa shape index (κ1) is 20.8. The molecule has 0 saturated heterocycles. The largest absolute Gasteiger partial charge is 0.282 e. The third kappa shape index (κ3) is 3.74. The van der Waals surface area contributed by atoms with E-state index in [0.29, 0.717) is 17.4 Å². The molecule has 0 unspecified atom stereocenters. The monoisotopic (exact) mass is 459 g/mol. The van der Waals surface area contributed by atoms with E-state index in [0.717, 1.165) is 11.1 Å². The van der Waals surface area contributed by atoms with Crippen molar-refractivity contribution in [2.75, 3.05) is 4.90 Å². The average Bonchev–Trinajstić information content (AvgIpc) is 3.33. The van der Waals surface area contributed by atoms with E-state index in [1.54, 1.807) is 16.8 Å². The number of carbonyl (C=O) groups is 1. The molecule has 164 valence electrons. The number of carbonyl (C=O) groups excluding carboxylic acids is 1. The number of nitro groups is 1. The number of hydrogen-bond acceptors (Lipinski definition) is 5. The third-order valence-corrected chi connectivity index (χ3v) is 6.06. The van der Waals surface area contributed by atoms with Crippen molar-refractivity contribution in [3.05, 3.63) is 117 Å². The van der Waals surface area contributed by atoms with Gasteiger partial charge in [-0.3, -0.25) is 19.8 Å². The molecule has 2 heterocycles. The minimum absolute atomic E-state index is 0.00271. The van der Waals surface area contributed by atoms with Gasteiger partial charge in [-0.15, -0.1) is 0 Å². The van der Waals surface area contributed by atoms with E-state index < -0.39 is 16.9 Å². The number of benzene rings is 3. The van der Waals surface area contributed by atoms with Gasteiger partial charge in [-0.05, 0) is 35.7 Å². The summed E-state index contributed by atoms with van der Waals surface area (Å²) in [5, 5.41) is 16.6. The Hall–Kier alpha value is -4.04. The standard InChI is InChI=1S/C24H18ClN5O3/c25-18-12-10-17(11-13-18)22-14-21(16-6-2-1-3-7-16)28(24-26-15-27-29(22)24)23(31)19-8-4-5-9-20(19)30(32)33/h1-13,15,21-22H,14H2/t21-,22+/m1/s1. The molecular weight excluding hydrogens is 442 g/mol. The van der Waals surface area contributed by atoms with Gasteiger partial charge >= 0.3 is 0 Å². The molecule has 0 bridgehead atoms. The predicted octanol–water partition coefficient (Wildman–Crippen LogP) is 5.22. The van der Waals surface area contributed by atoms with Gasteiger partial charge in [0.15, 0.2) is 0 Å². The normalized spacial score (nSPS) is 17.4. The van der Waals surface area contributed by atoms with Crippen LogP contribution in [0.15, 0.2) is 85.2 Å². The van der Waals surface area contributed by atoms with Crippen molar-refractivity contribution in [3.8, 4) is 0 Å². The SMILES string of the molecule is O=C(c1ccccc1[N+](=O)[O-])N1c2ncnn2[C@H](c2ccc(Cl)cc2)C[C@@H]1c1ccccc1. The fourth-order valence-electron chi connectivity index (χ4n) is 4.29. The first-order valence-electron chi connectivity index (χ1n) is 10.3. The number of para-hydroxylation sites is 1. The summed E-state index contributed by atoms with van der Waals surface area (Å²) in [6.45, 7) is 0. The number of anilines is 1. The molecule has 0 radical (unpaired) electrons. The zero-order valence-corrected chi connectivity index (χ0v) is 18.0. The Labute approximate surface area is 194 Å². The number of nitrogens with zero attached hydrogens (tertiary/aromatic N) is 5. The van der Waals surface area contributed by atoms with Crippen molar-refractivity contribution in [3.63, 3.8) is 0 Å². The molecule has 9 heteroatoms. The molecule has 1 amide bonds. The summed E-state index contributed by atoms with van der Waals surface area (Å²) in [5.41, 5.74) is 1.63. The Balaban J connectivity index is 1.67. The lowest BCUT2D eigenvalue weighted by molar-refractivity contribution is -0.385. The van der Waals surface area contributed by atoms with Crippen LogP contribution in [-0.2, 0) is 0 Å². The molecule has 2 atom stereocenters. The van der Waals surface area contributed by atoms with Crippen LogP contribution in [0.2, 0.25) is 5.02 Å². The van der Waals surface area contributed by atoms with Crippen molar-refractivity contribution in [1.82, 2.24) is 14.8 Å². The Morgan fingerprint density at radius 1 is 0.939 bits per heavy atom. The van der Waals surface area contributed by atoms with E-state index in [1.807, 2.05) is 54.6 Å². The Bertz CT molecular complexity index is 1320. The Kier molecular flexibility index (Phi) is 5.35. The highest BCUT2D eigenvalue weighted by Crippen LogP contribution is 2.43. The first-order chi connectivity index (χ1) is 16.0. The van der Waals surface area contributed by atoms with Crippen LogP contribution in [0.25, 0.3) is 0 Å². The lowest BCUT2D eigenvalue weighted by Gasteiger charge is -2.39. The van der Waals surface area contributed by atoms with Crippen LogP contribution in [0.3, 0.4) is 0 Å². The number of rotatable bonds is 4. The van der Waals surface area contributed by atoms with E-state index in [2.05, 4.69) is 10.1 Å². The van der Waals surface area contributed by atoms with Gasteiger partial charge in [0.1, 0.15) is 11.9 Å². The number of aromatic nitrogens is 3. The number of halogens is 1. The lowest BCUT2D eigenvalue weighted by atomic mass is 9.91. The van der Waals surface area contributed by atoms with Crippen molar-refractivity contribution < 1.29 is 9.72 Å². The topological polar surface area (TPSA) is 94.2 Å². The van der Waals surface area contributed by atoms with E-state index >= 15 is 0 Å². The molecule has 3 aromatic carbocycles. The molecule has 8 nitrogen and oxygen atoms in total. The zero-order chi connectivity index (χ0) is 22.9. The summed E-state index contributed by atoms with van der Waals surface area (Å²) in [6.07, 6.45) is 1.90. The van der Waals surface area contributed by atoms with Crippen molar-refractivity contribution in [1.29, 1.82) is 0 Å². The van der Waals surface area contributed by atoms with Crippen LogP contribution in [-0.4, -0.2) is 25.6 Å². The highest BCUT2D eigenvalue weighted by Gasteiger charge is 2.41. The Morgan fingerprint density at radius 3 is 2.33 bits per heavy atom. The second kappa shape index (κ2) is 8.48. The maximum Gasteiger partial charge on any atom is 0.282 e. The highest BCUT2D eigenvalue weighted by molar-refractivity contribution is 6.30. The minimum atomic E-state index is -0.546. The van der Waals surface area contributed by atoms with Gasteiger partial charge < -0.3 is 0 Å². The molecule has 0 saturated carbocycles.